The van der Waals surface area contributed by atoms with E-state index in [9.17, 15) is 0 Å². The molecule has 0 N–H and O–H groups in total. The molecule has 3 rings (SSSR count). The number of rotatable bonds is 6. The summed E-state index contributed by atoms with van der Waals surface area (Å²) in [7, 11) is 0.371. The maximum Gasteiger partial charge on any atom is 0.466 e. The lowest BCUT2D eigenvalue weighted by molar-refractivity contribution is 0.321. The van der Waals surface area contributed by atoms with Crippen molar-refractivity contribution in [2.75, 3.05) is 0 Å². The Morgan fingerprint density at radius 2 is 1.08 bits per heavy atom. The first-order valence-electron chi connectivity index (χ1n) is 7.95. The molecule has 0 amide bonds. The van der Waals surface area contributed by atoms with Crippen molar-refractivity contribution in [3.05, 3.63) is 58.7 Å². The van der Waals surface area contributed by atoms with Crippen molar-refractivity contribution in [1.29, 1.82) is 0 Å². The fourth-order valence-corrected chi connectivity index (χ4v) is 4.86. The van der Waals surface area contributed by atoms with Crippen molar-refractivity contribution in [3.63, 3.8) is 0 Å². The third-order valence-electron chi connectivity index (χ3n) is 4.19. The first-order valence-corrected chi connectivity index (χ1v) is 12.4. The molecule has 1 heterocycles. The molecule has 0 saturated carbocycles. The van der Waals surface area contributed by atoms with Crippen LogP contribution in [-0.4, -0.2) is 21.9 Å². The lowest BCUT2D eigenvalue weighted by Gasteiger charge is -2.26. The van der Waals surface area contributed by atoms with E-state index in [2.05, 4.69) is 88.0 Å². The summed E-state index contributed by atoms with van der Waals surface area (Å²) in [5, 5.41) is 3.18. The standard InChI is InChI=1S/C16H14B3Br4O3/c20-7-11-1-3-15(5-13(11)9-22)18-24-17-25-19(26-18)16-4-2-12(8-21)14(6-16)10-23/h1-6H,7-10H2. The van der Waals surface area contributed by atoms with Gasteiger partial charge in [0.15, 0.2) is 0 Å². The van der Waals surface area contributed by atoms with Gasteiger partial charge in [-0.2, -0.15) is 0 Å². The SMILES string of the molecule is BrCc1ccc(B2O[B]OB(c3ccc(CBr)c(CBr)c3)O2)cc1CBr. The fraction of sp³-hybridized carbons (Fsp3) is 0.250. The van der Waals surface area contributed by atoms with Crippen LogP contribution in [0.1, 0.15) is 22.3 Å². The molecule has 133 valence electrons. The monoisotopic (exact) mass is 603 g/mol. The van der Waals surface area contributed by atoms with Gasteiger partial charge in [-0.15, -0.1) is 0 Å². The molecular weight excluding hydrogens is 592 g/mol. The zero-order valence-electron chi connectivity index (χ0n) is 13.8. The van der Waals surface area contributed by atoms with Gasteiger partial charge in [0.1, 0.15) is 0 Å². The predicted molar refractivity (Wildman–Crippen MR) is 123 cm³/mol. The van der Waals surface area contributed by atoms with Crippen molar-refractivity contribution < 1.29 is 13.7 Å². The van der Waals surface area contributed by atoms with E-state index in [-0.39, 0.29) is 0 Å². The summed E-state index contributed by atoms with van der Waals surface area (Å²) < 4.78 is 17.2. The minimum atomic E-state index is -0.501. The summed E-state index contributed by atoms with van der Waals surface area (Å²) in [6, 6.07) is 12.4. The van der Waals surface area contributed by atoms with Crippen LogP contribution in [0.25, 0.3) is 0 Å². The Morgan fingerprint density at radius 1 is 0.654 bits per heavy atom. The van der Waals surface area contributed by atoms with Gasteiger partial charge in [0, 0.05) is 21.3 Å². The van der Waals surface area contributed by atoms with E-state index in [1.165, 1.54) is 29.9 Å². The van der Waals surface area contributed by atoms with E-state index >= 15 is 0 Å². The summed E-state index contributed by atoms with van der Waals surface area (Å²) in [6.45, 7) is 0. The third-order valence-corrected chi connectivity index (χ3v) is 6.60. The van der Waals surface area contributed by atoms with Crippen LogP contribution in [0.15, 0.2) is 36.4 Å². The highest BCUT2D eigenvalue weighted by atomic mass is 79.9. The van der Waals surface area contributed by atoms with Gasteiger partial charge in [-0.05, 0) is 33.2 Å². The zero-order chi connectivity index (χ0) is 18.5. The van der Waals surface area contributed by atoms with Crippen molar-refractivity contribution in [2.45, 2.75) is 21.3 Å². The Kier molecular flexibility index (Phi) is 8.36. The third kappa shape index (κ3) is 4.88. The van der Waals surface area contributed by atoms with Gasteiger partial charge in [-0.3, -0.25) is 0 Å². The minimum Gasteiger partial charge on any atom is -0.451 e. The molecule has 0 aliphatic carbocycles. The Labute approximate surface area is 189 Å². The lowest BCUT2D eigenvalue weighted by Crippen LogP contribution is -2.54. The maximum atomic E-state index is 6.07. The molecule has 2 aromatic rings. The molecule has 0 unspecified atom stereocenters. The lowest BCUT2D eigenvalue weighted by atomic mass is 9.67. The molecule has 3 nitrogen and oxygen atoms in total. The predicted octanol–water partition coefficient (Wildman–Crippen LogP) is 3.95. The summed E-state index contributed by atoms with van der Waals surface area (Å²) in [6.07, 6.45) is 0. The topological polar surface area (TPSA) is 27.7 Å². The quantitative estimate of drug-likeness (QED) is 0.369. The molecule has 1 fully saturated rings. The number of benzene rings is 2. The van der Waals surface area contributed by atoms with E-state index in [1.807, 2.05) is 12.1 Å². The van der Waals surface area contributed by atoms with Crippen LogP contribution in [-0.2, 0) is 35.0 Å². The largest absolute Gasteiger partial charge is 0.466 e. The van der Waals surface area contributed by atoms with Gasteiger partial charge in [-0.25, -0.2) is 0 Å². The Bertz CT molecular complexity index is 704. The van der Waals surface area contributed by atoms with Crippen LogP contribution in [0, 0.1) is 0 Å². The van der Waals surface area contributed by atoms with Crippen LogP contribution in [0.5, 0.6) is 0 Å². The average Bonchev–Trinajstić information content (AvgIpc) is 2.72. The highest BCUT2D eigenvalue weighted by Crippen LogP contribution is 2.17. The molecule has 2 aromatic carbocycles. The van der Waals surface area contributed by atoms with Crippen LogP contribution in [0.3, 0.4) is 0 Å². The second-order valence-electron chi connectivity index (χ2n) is 5.76. The summed E-state index contributed by atoms with van der Waals surface area (Å²) in [4.78, 5) is 0. The molecule has 1 aliphatic rings. The minimum absolute atomic E-state index is 0.501. The molecule has 1 aliphatic heterocycles. The van der Waals surface area contributed by atoms with E-state index in [0.29, 0.717) is 0 Å². The normalized spacial score (nSPS) is 14.5. The Hall–Kier alpha value is 0.435. The van der Waals surface area contributed by atoms with E-state index < -0.39 is 14.2 Å². The molecule has 1 saturated heterocycles. The molecule has 26 heavy (non-hydrogen) atoms. The summed E-state index contributed by atoms with van der Waals surface area (Å²) >= 11 is 14.1. The first-order chi connectivity index (χ1) is 12.7. The molecule has 0 aromatic heterocycles. The highest BCUT2D eigenvalue weighted by Gasteiger charge is 2.36. The fourth-order valence-electron chi connectivity index (χ4n) is 2.72. The number of halogens is 4. The van der Waals surface area contributed by atoms with E-state index in [0.717, 1.165) is 32.2 Å². The van der Waals surface area contributed by atoms with Crippen LogP contribution in [0.4, 0.5) is 0 Å². The number of hydrogen-bond acceptors (Lipinski definition) is 3. The highest BCUT2D eigenvalue weighted by molar-refractivity contribution is 9.09. The van der Waals surface area contributed by atoms with Gasteiger partial charge in [0.25, 0.3) is 0 Å². The molecular formula is C16H14B3Br4O3. The van der Waals surface area contributed by atoms with Crippen molar-refractivity contribution in [3.8, 4) is 0 Å². The summed E-state index contributed by atoms with van der Waals surface area (Å²) in [5.74, 6) is 0. The van der Waals surface area contributed by atoms with Gasteiger partial charge >= 0.3 is 21.9 Å². The Morgan fingerprint density at radius 3 is 1.46 bits per heavy atom. The van der Waals surface area contributed by atoms with Crippen LogP contribution >= 0.6 is 63.7 Å². The molecule has 0 bridgehead atoms. The van der Waals surface area contributed by atoms with Crippen LogP contribution < -0.4 is 10.9 Å². The molecule has 0 spiro atoms. The molecule has 0 atom stereocenters. The van der Waals surface area contributed by atoms with Gasteiger partial charge in [-0.1, -0.05) is 100 Å². The van der Waals surface area contributed by atoms with Crippen LogP contribution in [0.2, 0.25) is 0 Å². The zero-order valence-corrected chi connectivity index (χ0v) is 20.1. The van der Waals surface area contributed by atoms with E-state index in [4.69, 9.17) is 13.7 Å². The average molecular weight is 606 g/mol. The van der Waals surface area contributed by atoms with Gasteiger partial charge in [0.05, 0.1) is 0 Å². The van der Waals surface area contributed by atoms with E-state index in [1.54, 1.807) is 0 Å². The maximum absolute atomic E-state index is 6.07. The number of alkyl halides is 4. The smallest absolute Gasteiger partial charge is 0.451 e. The first kappa shape index (κ1) is 21.2. The van der Waals surface area contributed by atoms with Crippen molar-refractivity contribution in [2.24, 2.45) is 0 Å². The van der Waals surface area contributed by atoms with Gasteiger partial charge < -0.3 is 13.7 Å². The van der Waals surface area contributed by atoms with Crippen molar-refractivity contribution in [1.82, 2.24) is 0 Å². The Balaban J connectivity index is 1.81. The molecule has 1 radical (unpaired) electrons. The molecule has 10 heteroatoms. The van der Waals surface area contributed by atoms with Gasteiger partial charge in [0.2, 0.25) is 0 Å². The summed E-state index contributed by atoms with van der Waals surface area (Å²) in [5.41, 5.74) is 6.82. The second kappa shape index (κ2) is 10.3. The van der Waals surface area contributed by atoms with Crippen molar-refractivity contribution >= 4 is 96.6 Å². The second-order valence-corrected chi connectivity index (χ2v) is 8.00. The number of hydrogen-bond donors (Lipinski definition) is 0.